The van der Waals surface area contributed by atoms with E-state index in [9.17, 15) is 4.79 Å². The van der Waals surface area contributed by atoms with Crippen molar-refractivity contribution in [1.82, 2.24) is 5.32 Å². The lowest BCUT2D eigenvalue weighted by Crippen LogP contribution is -2.47. The number of hydrogen-bond donors (Lipinski definition) is 2. The molecule has 1 fully saturated rings. The largest absolute Gasteiger partial charge is 0.482 e. The van der Waals surface area contributed by atoms with Gasteiger partial charge in [-0.3, -0.25) is 4.79 Å². The quantitative estimate of drug-likeness (QED) is 0.734. The van der Waals surface area contributed by atoms with Crippen molar-refractivity contribution in [3.8, 4) is 5.75 Å². The molecule has 1 atom stereocenters. The van der Waals surface area contributed by atoms with Crippen molar-refractivity contribution < 1.29 is 24.1 Å². The van der Waals surface area contributed by atoms with E-state index in [0.29, 0.717) is 42.0 Å². The lowest BCUT2D eigenvalue weighted by molar-refractivity contribution is -0.125. The average molecular weight is 364 g/mol. The first kappa shape index (κ1) is 18.3. The van der Waals surface area contributed by atoms with Crippen molar-refractivity contribution in [3.05, 3.63) is 28.2 Å². The first-order chi connectivity index (χ1) is 11.0. The second-order valence-electron chi connectivity index (χ2n) is 5.20. The Morgan fingerprint density at radius 2 is 2.26 bits per heavy atom. The van der Waals surface area contributed by atoms with Gasteiger partial charge in [0.15, 0.2) is 6.61 Å². The molecule has 6 nitrogen and oxygen atoms in total. The summed E-state index contributed by atoms with van der Waals surface area (Å²) in [5.41, 5.74) is -0.587. The van der Waals surface area contributed by atoms with Crippen molar-refractivity contribution in [3.63, 3.8) is 0 Å². The van der Waals surface area contributed by atoms with E-state index in [1.54, 1.807) is 18.2 Å². The molecular formula is C15H19Cl2NO5. The third-order valence-corrected chi connectivity index (χ3v) is 3.96. The number of aliphatic hydroxyl groups excluding tert-OH is 1. The first-order valence-electron chi connectivity index (χ1n) is 7.22. The fraction of sp³-hybridized carbons (Fsp3) is 0.533. The number of aliphatic hydroxyl groups is 1. The van der Waals surface area contributed by atoms with Gasteiger partial charge in [0.1, 0.15) is 11.4 Å². The summed E-state index contributed by atoms with van der Waals surface area (Å²) < 4.78 is 16.3. The highest BCUT2D eigenvalue weighted by molar-refractivity contribution is 6.35. The van der Waals surface area contributed by atoms with E-state index in [2.05, 4.69) is 5.32 Å². The van der Waals surface area contributed by atoms with Gasteiger partial charge < -0.3 is 24.6 Å². The van der Waals surface area contributed by atoms with Crippen LogP contribution in [0.4, 0.5) is 0 Å². The minimum Gasteiger partial charge on any atom is -0.482 e. The summed E-state index contributed by atoms with van der Waals surface area (Å²) >= 11 is 11.8. The molecule has 1 aromatic carbocycles. The van der Waals surface area contributed by atoms with Gasteiger partial charge in [0.2, 0.25) is 0 Å². The van der Waals surface area contributed by atoms with Gasteiger partial charge in [-0.1, -0.05) is 23.2 Å². The van der Waals surface area contributed by atoms with Gasteiger partial charge in [-0.25, -0.2) is 0 Å². The summed E-state index contributed by atoms with van der Waals surface area (Å²) in [4.78, 5) is 11.9. The van der Waals surface area contributed by atoms with Crippen LogP contribution >= 0.6 is 23.2 Å². The molecule has 1 aliphatic rings. The lowest BCUT2D eigenvalue weighted by Gasteiger charge is -2.27. The first-order valence-corrected chi connectivity index (χ1v) is 7.97. The van der Waals surface area contributed by atoms with Gasteiger partial charge >= 0.3 is 0 Å². The van der Waals surface area contributed by atoms with E-state index < -0.39 is 5.60 Å². The zero-order chi connectivity index (χ0) is 16.7. The van der Waals surface area contributed by atoms with Gasteiger partial charge in [0.05, 0.1) is 24.8 Å². The predicted octanol–water partition coefficient (Wildman–Crippen LogP) is 1.66. The summed E-state index contributed by atoms with van der Waals surface area (Å²) in [5, 5.41) is 12.5. The van der Waals surface area contributed by atoms with Crippen LogP contribution in [0.5, 0.6) is 5.75 Å². The third kappa shape index (κ3) is 5.51. The van der Waals surface area contributed by atoms with Gasteiger partial charge in [0.25, 0.3) is 5.91 Å². The van der Waals surface area contributed by atoms with Crippen LogP contribution < -0.4 is 10.1 Å². The van der Waals surface area contributed by atoms with E-state index in [-0.39, 0.29) is 25.7 Å². The molecule has 0 bridgehead atoms. The number of benzene rings is 1. The minimum atomic E-state index is -0.587. The molecule has 8 heteroatoms. The second kappa shape index (κ2) is 8.70. The van der Waals surface area contributed by atoms with Crippen molar-refractivity contribution in [2.75, 3.05) is 39.6 Å². The molecule has 1 aromatic rings. The van der Waals surface area contributed by atoms with E-state index in [4.69, 9.17) is 42.5 Å². The van der Waals surface area contributed by atoms with Gasteiger partial charge in [-0.15, -0.1) is 0 Å². The fourth-order valence-electron chi connectivity index (χ4n) is 2.20. The molecule has 1 aliphatic heterocycles. The highest BCUT2D eigenvalue weighted by Crippen LogP contribution is 2.27. The summed E-state index contributed by atoms with van der Waals surface area (Å²) in [7, 11) is 0. The van der Waals surface area contributed by atoms with Crippen LogP contribution in [0.15, 0.2) is 18.2 Å². The molecule has 2 rings (SSSR count). The van der Waals surface area contributed by atoms with Gasteiger partial charge in [-0.05, 0) is 18.2 Å². The molecule has 1 unspecified atom stereocenters. The number of carbonyl (C=O) groups excluding carboxylic acids is 1. The zero-order valence-electron chi connectivity index (χ0n) is 12.5. The van der Waals surface area contributed by atoms with Crippen LogP contribution in [-0.4, -0.2) is 56.2 Å². The van der Waals surface area contributed by atoms with Crippen LogP contribution in [0.25, 0.3) is 0 Å². The molecule has 1 amide bonds. The maximum absolute atomic E-state index is 11.9. The molecule has 0 spiro atoms. The van der Waals surface area contributed by atoms with Gasteiger partial charge in [-0.2, -0.15) is 0 Å². The summed E-state index contributed by atoms with van der Waals surface area (Å²) in [6, 6.07) is 4.78. The molecule has 1 heterocycles. The molecule has 0 aromatic heterocycles. The number of carbonyl (C=O) groups is 1. The molecular weight excluding hydrogens is 345 g/mol. The Labute approximate surface area is 144 Å². The SMILES string of the molecule is O=C(COc1ccc(Cl)cc1Cl)NCC1(OCCO)CCOC1. The minimum absolute atomic E-state index is 0.0755. The maximum Gasteiger partial charge on any atom is 0.258 e. The van der Waals surface area contributed by atoms with E-state index in [1.165, 1.54) is 0 Å². The van der Waals surface area contributed by atoms with E-state index in [0.717, 1.165) is 0 Å². The average Bonchev–Trinajstić information content (AvgIpc) is 2.99. The van der Waals surface area contributed by atoms with Crippen molar-refractivity contribution in [1.29, 1.82) is 0 Å². The van der Waals surface area contributed by atoms with Gasteiger partial charge in [0, 0.05) is 24.6 Å². The number of rotatable bonds is 8. The highest BCUT2D eigenvalue weighted by Gasteiger charge is 2.36. The molecule has 1 saturated heterocycles. The van der Waals surface area contributed by atoms with Crippen molar-refractivity contribution >= 4 is 29.1 Å². The fourth-order valence-corrected chi connectivity index (χ4v) is 2.66. The Morgan fingerprint density at radius 1 is 1.43 bits per heavy atom. The van der Waals surface area contributed by atoms with Crippen LogP contribution in [0.3, 0.4) is 0 Å². The topological polar surface area (TPSA) is 77.0 Å². The Bertz CT molecular complexity index is 535. The molecule has 0 radical (unpaired) electrons. The number of nitrogens with one attached hydrogen (secondary N) is 1. The molecule has 0 saturated carbocycles. The second-order valence-corrected chi connectivity index (χ2v) is 6.04. The summed E-state index contributed by atoms with van der Waals surface area (Å²) in [5.74, 6) is 0.0940. The summed E-state index contributed by atoms with van der Waals surface area (Å²) in [6.07, 6.45) is 0.664. The maximum atomic E-state index is 11.9. The molecule has 23 heavy (non-hydrogen) atoms. The Balaban J connectivity index is 1.79. The molecule has 0 aliphatic carbocycles. The lowest BCUT2D eigenvalue weighted by atomic mass is 10.0. The monoisotopic (exact) mass is 363 g/mol. The van der Waals surface area contributed by atoms with Crippen LogP contribution in [-0.2, 0) is 14.3 Å². The Morgan fingerprint density at radius 3 is 2.91 bits per heavy atom. The molecule has 128 valence electrons. The number of amides is 1. The molecule has 2 N–H and O–H groups in total. The van der Waals surface area contributed by atoms with Crippen LogP contribution in [0, 0.1) is 0 Å². The van der Waals surface area contributed by atoms with Crippen LogP contribution in [0.2, 0.25) is 10.0 Å². The van der Waals surface area contributed by atoms with E-state index in [1.807, 2.05) is 0 Å². The van der Waals surface area contributed by atoms with Crippen molar-refractivity contribution in [2.45, 2.75) is 12.0 Å². The zero-order valence-corrected chi connectivity index (χ0v) is 14.0. The Hall–Kier alpha value is -1.05. The van der Waals surface area contributed by atoms with E-state index >= 15 is 0 Å². The number of hydrogen-bond acceptors (Lipinski definition) is 5. The standard InChI is InChI=1S/C15H19Cl2NO5/c16-11-1-2-13(12(17)7-11)22-8-14(20)18-9-15(23-6-4-19)3-5-21-10-15/h1-2,7,19H,3-6,8-10H2,(H,18,20). The predicted molar refractivity (Wildman–Crippen MR) is 86.2 cm³/mol. The van der Waals surface area contributed by atoms with Crippen LogP contribution in [0.1, 0.15) is 6.42 Å². The number of ether oxygens (including phenoxy) is 3. The third-order valence-electron chi connectivity index (χ3n) is 3.43. The number of halogens is 2. The summed E-state index contributed by atoms with van der Waals surface area (Å²) in [6.45, 7) is 1.21. The normalized spacial score (nSPS) is 20.5. The smallest absolute Gasteiger partial charge is 0.258 e. The Kier molecular flexibility index (Phi) is 6.92. The highest BCUT2D eigenvalue weighted by atomic mass is 35.5. The van der Waals surface area contributed by atoms with Crippen molar-refractivity contribution in [2.24, 2.45) is 0 Å².